The first-order valence-corrected chi connectivity index (χ1v) is 6.39. The minimum Gasteiger partial charge on any atom is -0.457 e. The Morgan fingerprint density at radius 2 is 1.84 bits per heavy atom. The molecule has 2 aromatic carbocycles. The lowest BCUT2D eigenvalue weighted by Crippen LogP contribution is -1.93. The maximum atomic E-state index is 13.0. The van der Waals surface area contributed by atoms with Crippen molar-refractivity contribution in [3.63, 3.8) is 0 Å². The van der Waals surface area contributed by atoms with Crippen molar-refractivity contribution in [2.75, 3.05) is 0 Å². The summed E-state index contributed by atoms with van der Waals surface area (Å²) in [5.41, 5.74) is 1.70. The molecule has 2 rings (SSSR count). The van der Waals surface area contributed by atoms with Crippen molar-refractivity contribution in [3.8, 4) is 11.5 Å². The molecule has 0 spiro atoms. The normalized spacial score (nSPS) is 10.5. The summed E-state index contributed by atoms with van der Waals surface area (Å²) in [5.74, 6) is 0.781. The van der Waals surface area contributed by atoms with Gasteiger partial charge in [-0.2, -0.15) is 0 Å². The van der Waals surface area contributed by atoms with Gasteiger partial charge in [0.1, 0.15) is 17.3 Å². The standard InChI is InChI=1S/C16H17FO2/c1-2-3-12-4-7-15(8-5-12)19-16-9-6-14(17)10-13(16)11-18/h4-10,18H,2-3,11H2,1H3. The molecule has 1 N–H and O–H groups in total. The highest BCUT2D eigenvalue weighted by molar-refractivity contribution is 5.38. The zero-order valence-electron chi connectivity index (χ0n) is 10.9. The van der Waals surface area contributed by atoms with Gasteiger partial charge in [0.05, 0.1) is 6.61 Å². The fourth-order valence-electron chi connectivity index (χ4n) is 1.91. The lowest BCUT2D eigenvalue weighted by atomic mass is 10.1. The Kier molecular flexibility index (Phi) is 4.53. The Labute approximate surface area is 112 Å². The predicted molar refractivity (Wildman–Crippen MR) is 72.8 cm³/mol. The summed E-state index contributed by atoms with van der Waals surface area (Å²) in [5, 5.41) is 9.19. The Hall–Kier alpha value is -1.87. The lowest BCUT2D eigenvalue weighted by molar-refractivity contribution is 0.276. The van der Waals surface area contributed by atoms with Crippen LogP contribution in [0.2, 0.25) is 0 Å². The van der Waals surface area contributed by atoms with Crippen LogP contribution in [0.4, 0.5) is 4.39 Å². The number of benzene rings is 2. The van der Waals surface area contributed by atoms with E-state index in [1.165, 1.54) is 23.8 Å². The molecule has 0 amide bonds. The fourth-order valence-corrected chi connectivity index (χ4v) is 1.91. The van der Waals surface area contributed by atoms with Crippen LogP contribution in [0.25, 0.3) is 0 Å². The maximum Gasteiger partial charge on any atom is 0.133 e. The second-order valence-electron chi connectivity index (χ2n) is 4.41. The molecule has 0 atom stereocenters. The van der Waals surface area contributed by atoms with Gasteiger partial charge in [-0.25, -0.2) is 4.39 Å². The molecule has 19 heavy (non-hydrogen) atoms. The van der Waals surface area contributed by atoms with E-state index in [9.17, 15) is 9.50 Å². The van der Waals surface area contributed by atoms with Gasteiger partial charge in [0, 0.05) is 5.56 Å². The van der Waals surface area contributed by atoms with Crippen molar-refractivity contribution in [1.82, 2.24) is 0 Å². The smallest absolute Gasteiger partial charge is 0.133 e. The van der Waals surface area contributed by atoms with Gasteiger partial charge in [-0.05, 0) is 42.3 Å². The monoisotopic (exact) mass is 260 g/mol. The average Bonchev–Trinajstić information content (AvgIpc) is 2.43. The van der Waals surface area contributed by atoms with E-state index in [4.69, 9.17) is 4.74 Å². The highest BCUT2D eigenvalue weighted by Gasteiger charge is 2.06. The van der Waals surface area contributed by atoms with Gasteiger partial charge in [0.15, 0.2) is 0 Å². The third-order valence-corrected chi connectivity index (χ3v) is 2.88. The van der Waals surface area contributed by atoms with Crippen LogP contribution in [0.1, 0.15) is 24.5 Å². The Balaban J connectivity index is 2.16. The maximum absolute atomic E-state index is 13.0. The van der Waals surface area contributed by atoms with E-state index in [1.807, 2.05) is 24.3 Å². The van der Waals surface area contributed by atoms with E-state index in [0.29, 0.717) is 17.1 Å². The van der Waals surface area contributed by atoms with E-state index in [2.05, 4.69) is 6.92 Å². The highest BCUT2D eigenvalue weighted by Crippen LogP contribution is 2.26. The summed E-state index contributed by atoms with van der Waals surface area (Å²) in [7, 11) is 0. The Morgan fingerprint density at radius 3 is 2.47 bits per heavy atom. The van der Waals surface area contributed by atoms with Crippen LogP contribution in [0.5, 0.6) is 11.5 Å². The van der Waals surface area contributed by atoms with Gasteiger partial charge in [0.2, 0.25) is 0 Å². The molecule has 3 heteroatoms. The number of rotatable bonds is 5. The summed E-state index contributed by atoms with van der Waals surface area (Å²) in [6.45, 7) is 1.89. The number of hydrogen-bond donors (Lipinski definition) is 1. The summed E-state index contributed by atoms with van der Waals surface area (Å²) in [4.78, 5) is 0. The molecular formula is C16H17FO2. The third kappa shape index (κ3) is 3.55. The van der Waals surface area contributed by atoms with Crippen LogP contribution in [-0.2, 0) is 13.0 Å². The van der Waals surface area contributed by atoms with E-state index < -0.39 is 0 Å². The molecule has 0 saturated heterocycles. The van der Waals surface area contributed by atoms with Crippen LogP contribution < -0.4 is 4.74 Å². The molecule has 0 unspecified atom stereocenters. The van der Waals surface area contributed by atoms with Crippen molar-refractivity contribution < 1.29 is 14.2 Å². The molecule has 0 aliphatic rings. The van der Waals surface area contributed by atoms with Gasteiger partial charge < -0.3 is 9.84 Å². The molecule has 0 heterocycles. The summed E-state index contributed by atoms with van der Waals surface area (Å²) < 4.78 is 18.7. The van der Waals surface area contributed by atoms with E-state index in [1.54, 1.807) is 0 Å². The quantitative estimate of drug-likeness (QED) is 0.878. The number of aliphatic hydroxyl groups excluding tert-OH is 1. The largest absolute Gasteiger partial charge is 0.457 e. The predicted octanol–water partition coefficient (Wildman–Crippen LogP) is 4.06. The molecule has 0 bridgehead atoms. The number of hydrogen-bond acceptors (Lipinski definition) is 2. The minimum absolute atomic E-state index is 0.249. The summed E-state index contributed by atoms with van der Waals surface area (Å²) >= 11 is 0. The molecule has 0 fully saturated rings. The van der Waals surface area contributed by atoms with Crippen LogP contribution in [0, 0.1) is 5.82 Å². The topological polar surface area (TPSA) is 29.5 Å². The van der Waals surface area contributed by atoms with E-state index in [0.717, 1.165) is 12.8 Å². The van der Waals surface area contributed by atoms with Crippen molar-refractivity contribution in [2.45, 2.75) is 26.4 Å². The first-order valence-electron chi connectivity index (χ1n) is 6.39. The first kappa shape index (κ1) is 13.6. The van der Waals surface area contributed by atoms with E-state index >= 15 is 0 Å². The zero-order valence-corrected chi connectivity index (χ0v) is 10.9. The van der Waals surface area contributed by atoms with Gasteiger partial charge >= 0.3 is 0 Å². The van der Waals surface area contributed by atoms with Crippen molar-refractivity contribution in [2.24, 2.45) is 0 Å². The molecule has 0 aliphatic carbocycles. The second-order valence-corrected chi connectivity index (χ2v) is 4.41. The molecule has 2 nitrogen and oxygen atoms in total. The highest BCUT2D eigenvalue weighted by atomic mass is 19.1. The lowest BCUT2D eigenvalue weighted by Gasteiger charge is -2.10. The average molecular weight is 260 g/mol. The molecule has 0 aromatic heterocycles. The molecule has 0 radical (unpaired) electrons. The molecule has 2 aromatic rings. The van der Waals surface area contributed by atoms with Gasteiger partial charge in [-0.1, -0.05) is 25.5 Å². The van der Waals surface area contributed by atoms with Crippen LogP contribution in [0.3, 0.4) is 0 Å². The third-order valence-electron chi connectivity index (χ3n) is 2.88. The number of aliphatic hydroxyl groups is 1. The van der Waals surface area contributed by atoms with Crippen molar-refractivity contribution in [1.29, 1.82) is 0 Å². The SMILES string of the molecule is CCCc1ccc(Oc2ccc(F)cc2CO)cc1. The molecule has 100 valence electrons. The number of halogens is 1. The molecule has 0 saturated carbocycles. The van der Waals surface area contributed by atoms with Crippen molar-refractivity contribution in [3.05, 3.63) is 59.4 Å². The van der Waals surface area contributed by atoms with Crippen LogP contribution in [-0.4, -0.2) is 5.11 Å². The zero-order chi connectivity index (χ0) is 13.7. The van der Waals surface area contributed by atoms with Crippen LogP contribution in [0.15, 0.2) is 42.5 Å². The van der Waals surface area contributed by atoms with Gasteiger partial charge in [-0.3, -0.25) is 0 Å². The minimum atomic E-state index is -0.380. The number of ether oxygens (including phenoxy) is 1. The molecule has 0 aliphatic heterocycles. The summed E-state index contributed by atoms with van der Waals surface area (Å²) in [6.07, 6.45) is 2.14. The van der Waals surface area contributed by atoms with Crippen LogP contribution >= 0.6 is 0 Å². The molecular weight excluding hydrogens is 243 g/mol. The Morgan fingerprint density at radius 1 is 1.11 bits per heavy atom. The van der Waals surface area contributed by atoms with Gasteiger partial charge in [-0.15, -0.1) is 0 Å². The van der Waals surface area contributed by atoms with Crippen molar-refractivity contribution >= 4 is 0 Å². The van der Waals surface area contributed by atoms with Gasteiger partial charge in [0.25, 0.3) is 0 Å². The second kappa shape index (κ2) is 6.34. The number of aryl methyl sites for hydroxylation is 1. The van der Waals surface area contributed by atoms with E-state index in [-0.39, 0.29) is 12.4 Å². The fraction of sp³-hybridized carbons (Fsp3) is 0.250. The summed E-state index contributed by atoms with van der Waals surface area (Å²) in [6, 6.07) is 11.9. The Bertz CT molecular complexity index is 535. The first-order chi connectivity index (χ1) is 9.22.